The molecule has 2 rings (SSSR count). The molecular formula is C12H18O. The van der Waals surface area contributed by atoms with Crippen LogP contribution in [0.1, 0.15) is 44.9 Å². The molecule has 2 aliphatic rings. The molecule has 72 valence electrons. The van der Waals surface area contributed by atoms with Crippen LogP contribution in [0.4, 0.5) is 0 Å². The maximum Gasteiger partial charge on any atom is 0.142 e. The minimum absolute atomic E-state index is 0.771. The molecular weight excluding hydrogens is 160 g/mol. The van der Waals surface area contributed by atoms with E-state index in [4.69, 9.17) is 0 Å². The van der Waals surface area contributed by atoms with Crippen LogP contribution in [0.5, 0.6) is 0 Å². The summed E-state index contributed by atoms with van der Waals surface area (Å²) in [5, 5.41) is 0. The zero-order valence-corrected chi connectivity index (χ0v) is 8.17. The first-order chi connectivity index (χ1) is 6.42. The second-order valence-electron chi connectivity index (χ2n) is 4.42. The minimum atomic E-state index is 0.771. The Hall–Kier alpha value is -0.590. The molecule has 1 nitrogen and oxygen atoms in total. The standard InChI is InChI=1S/C12H18O/c13-9-8-11-6-3-5-10-4-1-2-7-12(10)11/h8-10,12H,1-7H2. The second kappa shape index (κ2) is 4.08. The lowest BCUT2D eigenvalue weighted by Gasteiger charge is -2.37. The summed E-state index contributed by atoms with van der Waals surface area (Å²) < 4.78 is 0. The lowest BCUT2D eigenvalue weighted by molar-refractivity contribution is -0.104. The predicted molar refractivity (Wildman–Crippen MR) is 53.4 cm³/mol. The molecule has 0 N–H and O–H groups in total. The van der Waals surface area contributed by atoms with Crippen LogP contribution < -0.4 is 0 Å². The van der Waals surface area contributed by atoms with Crippen molar-refractivity contribution in [1.29, 1.82) is 0 Å². The van der Waals surface area contributed by atoms with E-state index in [0.29, 0.717) is 0 Å². The molecule has 0 aromatic rings. The van der Waals surface area contributed by atoms with Crippen molar-refractivity contribution in [2.75, 3.05) is 0 Å². The fraction of sp³-hybridized carbons (Fsp3) is 0.750. The van der Waals surface area contributed by atoms with Crippen LogP contribution in [0.15, 0.2) is 11.6 Å². The largest absolute Gasteiger partial charge is 0.299 e. The maximum absolute atomic E-state index is 10.5. The van der Waals surface area contributed by atoms with Gasteiger partial charge in [0.1, 0.15) is 6.29 Å². The van der Waals surface area contributed by atoms with Crippen LogP contribution in [0.25, 0.3) is 0 Å². The third kappa shape index (κ3) is 1.84. The topological polar surface area (TPSA) is 17.1 Å². The number of carbonyl (C=O) groups excluding carboxylic acids is 1. The molecule has 2 atom stereocenters. The van der Waals surface area contributed by atoms with Gasteiger partial charge in [-0.2, -0.15) is 0 Å². The summed E-state index contributed by atoms with van der Waals surface area (Å²) in [4.78, 5) is 10.5. The number of aldehydes is 1. The number of hydrogen-bond acceptors (Lipinski definition) is 1. The lowest BCUT2D eigenvalue weighted by Crippen LogP contribution is -2.25. The molecule has 0 saturated heterocycles. The summed E-state index contributed by atoms with van der Waals surface area (Å²) >= 11 is 0. The third-order valence-corrected chi connectivity index (χ3v) is 3.71. The van der Waals surface area contributed by atoms with Crippen LogP contribution in [0, 0.1) is 11.8 Å². The fourth-order valence-electron chi connectivity index (χ4n) is 3.09. The van der Waals surface area contributed by atoms with Crippen LogP contribution in [0.2, 0.25) is 0 Å². The Morgan fingerprint density at radius 3 is 2.69 bits per heavy atom. The molecule has 0 aliphatic heterocycles. The molecule has 0 spiro atoms. The van der Waals surface area contributed by atoms with Gasteiger partial charge in [-0.3, -0.25) is 4.79 Å². The van der Waals surface area contributed by atoms with Crippen LogP contribution in [-0.2, 0) is 4.79 Å². The first-order valence-electron chi connectivity index (χ1n) is 5.56. The van der Waals surface area contributed by atoms with E-state index < -0.39 is 0 Å². The van der Waals surface area contributed by atoms with Crippen molar-refractivity contribution in [2.24, 2.45) is 11.8 Å². The molecule has 2 fully saturated rings. The molecule has 2 saturated carbocycles. The van der Waals surface area contributed by atoms with Crippen molar-refractivity contribution in [3.63, 3.8) is 0 Å². The molecule has 0 amide bonds. The van der Waals surface area contributed by atoms with Crippen LogP contribution in [-0.4, -0.2) is 6.29 Å². The van der Waals surface area contributed by atoms with Crippen molar-refractivity contribution in [1.82, 2.24) is 0 Å². The smallest absolute Gasteiger partial charge is 0.142 e. The van der Waals surface area contributed by atoms with Crippen LogP contribution in [0.3, 0.4) is 0 Å². The van der Waals surface area contributed by atoms with E-state index in [1.165, 1.54) is 50.5 Å². The Bertz CT molecular complexity index is 215. The summed E-state index contributed by atoms with van der Waals surface area (Å²) in [6.45, 7) is 0. The van der Waals surface area contributed by atoms with Crippen molar-refractivity contribution in [2.45, 2.75) is 44.9 Å². The zero-order chi connectivity index (χ0) is 9.10. The van der Waals surface area contributed by atoms with Gasteiger partial charge in [0, 0.05) is 0 Å². The Balaban J connectivity index is 2.11. The summed E-state index contributed by atoms with van der Waals surface area (Å²) in [5.74, 6) is 1.68. The first-order valence-corrected chi connectivity index (χ1v) is 5.56. The van der Waals surface area contributed by atoms with Gasteiger partial charge in [-0.1, -0.05) is 18.4 Å². The number of carbonyl (C=O) groups is 1. The highest BCUT2D eigenvalue weighted by Crippen LogP contribution is 2.43. The Morgan fingerprint density at radius 2 is 1.85 bits per heavy atom. The normalized spacial score (nSPS) is 37.1. The van der Waals surface area contributed by atoms with E-state index in [-0.39, 0.29) is 0 Å². The quantitative estimate of drug-likeness (QED) is 0.445. The van der Waals surface area contributed by atoms with Gasteiger partial charge in [0.25, 0.3) is 0 Å². The molecule has 2 unspecified atom stereocenters. The van der Waals surface area contributed by atoms with Gasteiger partial charge < -0.3 is 0 Å². The lowest BCUT2D eigenvalue weighted by atomic mass is 9.68. The van der Waals surface area contributed by atoms with Gasteiger partial charge in [-0.25, -0.2) is 0 Å². The minimum Gasteiger partial charge on any atom is -0.299 e. The second-order valence-corrected chi connectivity index (χ2v) is 4.42. The molecule has 2 aliphatic carbocycles. The number of fused-ring (bicyclic) bond motifs is 1. The predicted octanol–water partition coefficient (Wildman–Crippen LogP) is 3.10. The van der Waals surface area contributed by atoms with Crippen molar-refractivity contribution >= 4 is 6.29 Å². The van der Waals surface area contributed by atoms with E-state index in [1.807, 2.05) is 6.08 Å². The summed E-state index contributed by atoms with van der Waals surface area (Å²) in [5.41, 5.74) is 1.45. The Kier molecular flexibility index (Phi) is 2.82. The number of rotatable bonds is 1. The number of hydrogen-bond donors (Lipinski definition) is 0. The van der Waals surface area contributed by atoms with Gasteiger partial charge >= 0.3 is 0 Å². The monoisotopic (exact) mass is 178 g/mol. The Labute approximate surface area is 80.2 Å². The number of allylic oxidation sites excluding steroid dienone is 2. The van der Waals surface area contributed by atoms with Crippen molar-refractivity contribution in [3.8, 4) is 0 Å². The molecule has 0 bridgehead atoms. The molecule has 0 radical (unpaired) electrons. The van der Waals surface area contributed by atoms with Gasteiger partial charge in [-0.05, 0) is 50.0 Å². The third-order valence-electron chi connectivity index (χ3n) is 3.71. The van der Waals surface area contributed by atoms with E-state index in [1.54, 1.807) is 0 Å². The van der Waals surface area contributed by atoms with E-state index in [9.17, 15) is 4.79 Å². The van der Waals surface area contributed by atoms with Crippen molar-refractivity contribution in [3.05, 3.63) is 11.6 Å². The average molecular weight is 178 g/mol. The fourth-order valence-corrected chi connectivity index (χ4v) is 3.09. The zero-order valence-electron chi connectivity index (χ0n) is 8.17. The van der Waals surface area contributed by atoms with Gasteiger partial charge in [0.2, 0.25) is 0 Å². The molecule has 0 aromatic carbocycles. The van der Waals surface area contributed by atoms with Crippen LogP contribution >= 0.6 is 0 Å². The Morgan fingerprint density at radius 1 is 1.08 bits per heavy atom. The highest BCUT2D eigenvalue weighted by molar-refractivity contribution is 5.66. The molecule has 0 aromatic heterocycles. The molecule has 0 heterocycles. The van der Waals surface area contributed by atoms with Gasteiger partial charge in [-0.15, -0.1) is 0 Å². The highest BCUT2D eigenvalue weighted by Gasteiger charge is 2.30. The molecule has 13 heavy (non-hydrogen) atoms. The van der Waals surface area contributed by atoms with Crippen molar-refractivity contribution < 1.29 is 4.79 Å². The van der Waals surface area contributed by atoms with E-state index >= 15 is 0 Å². The summed E-state index contributed by atoms with van der Waals surface area (Å²) in [6, 6.07) is 0. The molecule has 1 heteroatoms. The summed E-state index contributed by atoms with van der Waals surface area (Å²) in [6.07, 6.45) is 12.2. The SMILES string of the molecule is O=CC=C1CCCC2CCCCC12. The maximum atomic E-state index is 10.5. The van der Waals surface area contributed by atoms with Gasteiger partial charge in [0.15, 0.2) is 0 Å². The average Bonchev–Trinajstić information content (AvgIpc) is 2.19. The summed E-state index contributed by atoms with van der Waals surface area (Å²) in [7, 11) is 0. The first kappa shape index (κ1) is 8.98. The van der Waals surface area contributed by atoms with E-state index in [2.05, 4.69) is 0 Å². The van der Waals surface area contributed by atoms with Gasteiger partial charge in [0.05, 0.1) is 0 Å². The highest BCUT2D eigenvalue weighted by atomic mass is 16.1. The van der Waals surface area contributed by atoms with E-state index in [0.717, 1.165) is 18.1 Å².